The van der Waals surface area contributed by atoms with Crippen molar-refractivity contribution in [2.45, 2.75) is 13.5 Å². The second-order valence-corrected chi connectivity index (χ2v) is 4.95. The summed E-state index contributed by atoms with van der Waals surface area (Å²) in [6.07, 6.45) is 3.05. The van der Waals surface area contributed by atoms with E-state index in [1.807, 2.05) is 31.2 Å². The van der Waals surface area contributed by atoms with Crippen molar-refractivity contribution >= 4 is 27.7 Å². The lowest BCUT2D eigenvalue weighted by Gasteiger charge is -2.07. The summed E-state index contributed by atoms with van der Waals surface area (Å²) >= 11 is 3.45. The Morgan fingerprint density at radius 1 is 1.30 bits per heavy atom. The first-order chi connectivity index (χ1) is 9.70. The monoisotopic (exact) mass is 334 g/mol. The lowest BCUT2D eigenvalue weighted by atomic mass is 10.2. The van der Waals surface area contributed by atoms with Gasteiger partial charge in [0.25, 0.3) is 5.91 Å². The second-order valence-electron chi connectivity index (χ2n) is 4.09. The Labute approximate surface area is 126 Å². The molecule has 0 bridgehead atoms. The number of hydrogen-bond acceptors (Lipinski definition) is 4. The minimum atomic E-state index is -0.243. The number of nitrogens with one attached hydrogen (secondary N) is 2. The van der Waals surface area contributed by atoms with Crippen molar-refractivity contribution < 1.29 is 4.79 Å². The van der Waals surface area contributed by atoms with Crippen LogP contribution >= 0.6 is 15.9 Å². The topological polar surface area (TPSA) is 66.9 Å². The van der Waals surface area contributed by atoms with Crippen LogP contribution in [0.5, 0.6) is 0 Å². The van der Waals surface area contributed by atoms with E-state index in [4.69, 9.17) is 0 Å². The van der Waals surface area contributed by atoms with Gasteiger partial charge in [-0.25, -0.2) is 4.98 Å². The molecule has 0 atom stereocenters. The highest BCUT2D eigenvalue weighted by Gasteiger charge is 2.09. The van der Waals surface area contributed by atoms with Crippen LogP contribution in [0.15, 0.2) is 41.1 Å². The molecule has 0 fully saturated rings. The van der Waals surface area contributed by atoms with E-state index in [0.29, 0.717) is 18.1 Å². The zero-order chi connectivity index (χ0) is 14.4. The van der Waals surface area contributed by atoms with Crippen LogP contribution in [-0.2, 0) is 6.54 Å². The van der Waals surface area contributed by atoms with Crippen molar-refractivity contribution in [3.8, 4) is 0 Å². The molecule has 104 valence electrons. The van der Waals surface area contributed by atoms with Gasteiger partial charge in [0.2, 0.25) is 0 Å². The molecule has 0 saturated carbocycles. The number of anilines is 1. The molecule has 0 spiro atoms. The first kappa shape index (κ1) is 14.5. The zero-order valence-electron chi connectivity index (χ0n) is 11.1. The van der Waals surface area contributed by atoms with Gasteiger partial charge in [-0.3, -0.25) is 9.78 Å². The number of benzene rings is 1. The van der Waals surface area contributed by atoms with E-state index in [1.54, 1.807) is 6.20 Å². The van der Waals surface area contributed by atoms with Crippen LogP contribution < -0.4 is 10.6 Å². The molecule has 6 heteroatoms. The maximum absolute atomic E-state index is 12.0. The van der Waals surface area contributed by atoms with Gasteiger partial charge in [0.1, 0.15) is 11.5 Å². The Morgan fingerprint density at radius 3 is 2.85 bits per heavy atom. The van der Waals surface area contributed by atoms with Gasteiger partial charge in [0, 0.05) is 17.6 Å². The van der Waals surface area contributed by atoms with E-state index in [9.17, 15) is 4.79 Å². The van der Waals surface area contributed by atoms with Gasteiger partial charge in [-0.05, 0) is 18.6 Å². The van der Waals surface area contributed by atoms with E-state index in [2.05, 4.69) is 36.5 Å². The summed E-state index contributed by atoms with van der Waals surface area (Å²) in [4.78, 5) is 20.2. The summed E-state index contributed by atoms with van der Waals surface area (Å²) in [5.41, 5.74) is 1.31. The highest BCUT2D eigenvalue weighted by atomic mass is 79.9. The number of carbonyl (C=O) groups is 1. The molecule has 5 nitrogen and oxygen atoms in total. The first-order valence-electron chi connectivity index (χ1n) is 6.28. The molecule has 1 amide bonds. The van der Waals surface area contributed by atoms with Crippen LogP contribution in [0.25, 0.3) is 0 Å². The van der Waals surface area contributed by atoms with Crippen molar-refractivity contribution in [3.63, 3.8) is 0 Å². The number of carbonyl (C=O) groups excluding carboxylic acids is 1. The zero-order valence-corrected chi connectivity index (χ0v) is 12.6. The summed E-state index contributed by atoms with van der Waals surface area (Å²) in [5, 5.41) is 5.85. The molecule has 0 aliphatic heterocycles. The largest absolute Gasteiger partial charge is 0.369 e. The Morgan fingerprint density at radius 2 is 2.10 bits per heavy atom. The third-order valence-electron chi connectivity index (χ3n) is 2.62. The fourth-order valence-corrected chi connectivity index (χ4v) is 2.07. The minimum absolute atomic E-state index is 0.243. The van der Waals surface area contributed by atoms with Crippen LogP contribution in [0, 0.1) is 0 Å². The number of hydrogen-bond donors (Lipinski definition) is 2. The Bertz CT molecular complexity index is 603. The van der Waals surface area contributed by atoms with E-state index in [-0.39, 0.29) is 5.91 Å². The molecule has 1 heterocycles. The highest BCUT2D eigenvalue weighted by Crippen LogP contribution is 2.15. The van der Waals surface area contributed by atoms with Crippen LogP contribution in [0.4, 0.5) is 5.82 Å². The van der Waals surface area contributed by atoms with Gasteiger partial charge in [0.05, 0.1) is 12.4 Å². The molecule has 1 aromatic heterocycles. The summed E-state index contributed by atoms with van der Waals surface area (Å²) in [7, 11) is 0. The van der Waals surface area contributed by atoms with Crippen molar-refractivity contribution in [1.29, 1.82) is 0 Å². The number of rotatable bonds is 5. The molecule has 2 aromatic rings. The molecule has 0 radical (unpaired) electrons. The number of aromatic nitrogens is 2. The normalized spacial score (nSPS) is 10.1. The third kappa shape index (κ3) is 3.77. The molecule has 0 aliphatic rings. The summed E-state index contributed by atoms with van der Waals surface area (Å²) in [6.45, 7) is 3.13. The van der Waals surface area contributed by atoms with Gasteiger partial charge in [-0.1, -0.05) is 34.1 Å². The molecule has 0 unspecified atom stereocenters. The maximum Gasteiger partial charge on any atom is 0.271 e. The molecular weight excluding hydrogens is 320 g/mol. The minimum Gasteiger partial charge on any atom is -0.369 e. The lowest BCUT2D eigenvalue weighted by molar-refractivity contribution is 0.0945. The van der Waals surface area contributed by atoms with E-state index in [1.165, 1.54) is 6.20 Å². The molecule has 1 aromatic carbocycles. The molecule has 2 N–H and O–H groups in total. The Hall–Kier alpha value is -1.95. The fraction of sp³-hybridized carbons (Fsp3) is 0.214. The number of halogens is 1. The summed E-state index contributed by atoms with van der Waals surface area (Å²) in [5.74, 6) is 0.356. The van der Waals surface area contributed by atoms with Gasteiger partial charge in [0.15, 0.2) is 0 Å². The molecule has 0 aliphatic carbocycles. The predicted molar refractivity (Wildman–Crippen MR) is 81.5 cm³/mol. The Kier molecular flexibility index (Phi) is 5.06. The number of amides is 1. The van der Waals surface area contributed by atoms with Crippen molar-refractivity contribution in [2.24, 2.45) is 0 Å². The van der Waals surface area contributed by atoms with Gasteiger partial charge in [-0.15, -0.1) is 0 Å². The van der Waals surface area contributed by atoms with E-state index in [0.717, 1.165) is 16.6 Å². The summed E-state index contributed by atoms with van der Waals surface area (Å²) in [6, 6.07) is 7.75. The van der Waals surface area contributed by atoms with Crippen LogP contribution in [0.2, 0.25) is 0 Å². The van der Waals surface area contributed by atoms with E-state index < -0.39 is 0 Å². The highest BCUT2D eigenvalue weighted by molar-refractivity contribution is 9.10. The van der Waals surface area contributed by atoms with Gasteiger partial charge in [-0.2, -0.15) is 0 Å². The average Bonchev–Trinajstić information content (AvgIpc) is 2.47. The SMILES string of the molecule is CCNc1cncc(C(=O)NCc2ccccc2Br)n1. The third-order valence-corrected chi connectivity index (χ3v) is 3.40. The summed E-state index contributed by atoms with van der Waals surface area (Å²) < 4.78 is 0.966. The maximum atomic E-state index is 12.0. The van der Waals surface area contributed by atoms with E-state index >= 15 is 0 Å². The lowest BCUT2D eigenvalue weighted by Crippen LogP contribution is -2.24. The molecular formula is C14H15BrN4O. The van der Waals surface area contributed by atoms with Crippen molar-refractivity contribution in [1.82, 2.24) is 15.3 Å². The predicted octanol–water partition coefficient (Wildman–Crippen LogP) is 2.60. The standard InChI is InChI=1S/C14H15BrN4O/c1-2-17-13-9-16-8-12(19-13)14(20)18-7-10-5-3-4-6-11(10)15/h3-6,8-9H,2,7H2,1H3,(H,17,19)(H,18,20). The first-order valence-corrected chi connectivity index (χ1v) is 7.07. The average molecular weight is 335 g/mol. The van der Waals surface area contributed by atoms with Crippen molar-refractivity contribution in [2.75, 3.05) is 11.9 Å². The second kappa shape index (κ2) is 7.00. The molecule has 2 rings (SSSR count). The molecule has 0 saturated heterocycles. The van der Waals surface area contributed by atoms with Crippen LogP contribution in [-0.4, -0.2) is 22.4 Å². The van der Waals surface area contributed by atoms with Crippen LogP contribution in [0.3, 0.4) is 0 Å². The smallest absolute Gasteiger partial charge is 0.271 e. The van der Waals surface area contributed by atoms with Gasteiger partial charge < -0.3 is 10.6 Å². The Balaban J connectivity index is 2.01. The fourth-order valence-electron chi connectivity index (χ4n) is 1.65. The molecule has 20 heavy (non-hydrogen) atoms. The van der Waals surface area contributed by atoms with Crippen molar-refractivity contribution in [3.05, 3.63) is 52.4 Å². The quantitative estimate of drug-likeness (QED) is 0.881. The number of nitrogens with zero attached hydrogens (tertiary/aromatic N) is 2. The van der Waals surface area contributed by atoms with Gasteiger partial charge >= 0.3 is 0 Å². The van der Waals surface area contributed by atoms with Crippen LogP contribution in [0.1, 0.15) is 23.0 Å².